The van der Waals surface area contributed by atoms with Gasteiger partial charge in [-0.3, -0.25) is 0 Å². The first-order valence-electron chi connectivity index (χ1n) is 7.57. The van der Waals surface area contributed by atoms with Gasteiger partial charge in [-0.05, 0) is 49.3 Å². The molecule has 1 aromatic carbocycles. The minimum atomic E-state index is -0.159. The highest BCUT2D eigenvalue weighted by Crippen LogP contribution is 2.31. The molecule has 0 heterocycles. The van der Waals surface area contributed by atoms with Crippen LogP contribution in [0.1, 0.15) is 58.1 Å². The lowest BCUT2D eigenvalue weighted by atomic mass is 9.79. The van der Waals surface area contributed by atoms with Crippen LogP contribution in [-0.2, 0) is 0 Å². The Bertz CT molecular complexity index is 385. The molecule has 1 aromatic rings. The topological polar surface area (TPSA) is 12.0 Å². The number of benzene rings is 1. The highest BCUT2D eigenvalue weighted by molar-refractivity contribution is 5.19. The van der Waals surface area contributed by atoms with Crippen LogP contribution in [-0.4, -0.2) is 6.04 Å². The molecule has 3 atom stereocenters. The summed E-state index contributed by atoms with van der Waals surface area (Å²) in [6, 6.07) is 7.78. The van der Waals surface area contributed by atoms with Gasteiger partial charge in [0.15, 0.2) is 0 Å². The fourth-order valence-corrected chi connectivity index (χ4v) is 3.19. The van der Waals surface area contributed by atoms with Crippen molar-refractivity contribution in [3.8, 4) is 0 Å². The van der Waals surface area contributed by atoms with Crippen LogP contribution in [0.2, 0.25) is 0 Å². The van der Waals surface area contributed by atoms with Crippen molar-refractivity contribution in [3.63, 3.8) is 0 Å². The summed E-state index contributed by atoms with van der Waals surface area (Å²) in [7, 11) is 0. The van der Waals surface area contributed by atoms with Crippen molar-refractivity contribution in [2.75, 3.05) is 0 Å². The third-order valence-electron chi connectivity index (χ3n) is 4.51. The van der Waals surface area contributed by atoms with Crippen LogP contribution >= 0.6 is 0 Å². The van der Waals surface area contributed by atoms with Gasteiger partial charge >= 0.3 is 0 Å². The fraction of sp³-hybridized carbons (Fsp3) is 0.647. The Morgan fingerprint density at radius 1 is 1.11 bits per heavy atom. The third kappa shape index (κ3) is 4.04. The highest BCUT2D eigenvalue weighted by Gasteiger charge is 2.25. The molecule has 1 saturated carbocycles. The molecule has 0 bridgehead atoms. The van der Waals surface area contributed by atoms with E-state index in [4.69, 9.17) is 0 Å². The Kier molecular flexibility index (Phi) is 4.98. The summed E-state index contributed by atoms with van der Waals surface area (Å²) in [4.78, 5) is 0. The monoisotopic (exact) mass is 263 g/mol. The summed E-state index contributed by atoms with van der Waals surface area (Å²) in [5, 5.41) is 3.72. The van der Waals surface area contributed by atoms with E-state index in [1.54, 1.807) is 12.1 Å². The molecule has 0 radical (unpaired) electrons. The smallest absolute Gasteiger partial charge is 0.123 e. The molecule has 0 amide bonds. The van der Waals surface area contributed by atoms with Crippen LogP contribution in [0.25, 0.3) is 0 Å². The van der Waals surface area contributed by atoms with E-state index in [2.05, 4.69) is 26.1 Å². The largest absolute Gasteiger partial charge is 0.307 e. The maximum Gasteiger partial charge on any atom is 0.123 e. The number of rotatable bonds is 4. The molecule has 2 unspecified atom stereocenters. The zero-order valence-electron chi connectivity index (χ0n) is 12.3. The molecular formula is C17H26FN. The number of hydrogen-bond acceptors (Lipinski definition) is 1. The van der Waals surface area contributed by atoms with Crippen molar-refractivity contribution >= 4 is 0 Å². The lowest BCUT2D eigenvalue weighted by Crippen LogP contribution is -2.37. The minimum Gasteiger partial charge on any atom is -0.307 e. The molecular weight excluding hydrogens is 237 g/mol. The van der Waals surface area contributed by atoms with Gasteiger partial charge in [-0.15, -0.1) is 0 Å². The van der Waals surface area contributed by atoms with E-state index < -0.39 is 0 Å². The maximum atomic E-state index is 12.9. The average molecular weight is 263 g/mol. The Balaban J connectivity index is 1.91. The maximum absolute atomic E-state index is 12.9. The first-order chi connectivity index (χ1) is 9.06. The molecule has 0 aromatic heterocycles. The second-order valence-corrected chi connectivity index (χ2v) is 6.31. The van der Waals surface area contributed by atoms with Crippen LogP contribution in [0.4, 0.5) is 4.39 Å². The normalized spacial score (nSPS) is 25.5. The van der Waals surface area contributed by atoms with Crippen LogP contribution in [0.3, 0.4) is 0 Å². The van der Waals surface area contributed by atoms with E-state index in [-0.39, 0.29) is 5.82 Å². The summed E-state index contributed by atoms with van der Waals surface area (Å²) in [5.41, 5.74) is 1.17. The van der Waals surface area contributed by atoms with Gasteiger partial charge < -0.3 is 5.32 Å². The summed E-state index contributed by atoms with van der Waals surface area (Å²) in [5.74, 6) is 1.48. The molecule has 1 N–H and O–H groups in total. The molecule has 1 fully saturated rings. The SMILES string of the molecule is CC(C)C1CCCC(N[C@H](C)c2ccc(F)cc2)C1. The van der Waals surface area contributed by atoms with E-state index in [1.807, 2.05) is 12.1 Å². The van der Waals surface area contributed by atoms with Gasteiger partial charge in [-0.1, -0.05) is 38.8 Å². The van der Waals surface area contributed by atoms with Gasteiger partial charge in [0, 0.05) is 12.1 Å². The first-order valence-corrected chi connectivity index (χ1v) is 7.57. The molecule has 2 heteroatoms. The van der Waals surface area contributed by atoms with Gasteiger partial charge in [0.05, 0.1) is 0 Å². The van der Waals surface area contributed by atoms with Gasteiger partial charge in [0.2, 0.25) is 0 Å². The molecule has 106 valence electrons. The molecule has 1 aliphatic carbocycles. The molecule has 0 saturated heterocycles. The van der Waals surface area contributed by atoms with Crippen molar-refractivity contribution in [1.29, 1.82) is 0 Å². The third-order valence-corrected chi connectivity index (χ3v) is 4.51. The van der Waals surface area contributed by atoms with E-state index in [1.165, 1.54) is 31.2 Å². The summed E-state index contributed by atoms with van der Waals surface area (Å²) >= 11 is 0. The second kappa shape index (κ2) is 6.51. The van der Waals surface area contributed by atoms with E-state index in [0.29, 0.717) is 12.1 Å². The van der Waals surface area contributed by atoms with Gasteiger partial charge in [-0.25, -0.2) is 4.39 Å². The summed E-state index contributed by atoms with van der Waals surface area (Å²) in [6.45, 7) is 6.83. The van der Waals surface area contributed by atoms with Crippen molar-refractivity contribution in [1.82, 2.24) is 5.32 Å². The fourth-order valence-electron chi connectivity index (χ4n) is 3.19. The Morgan fingerprint density at radius 2 is 1.79 bits per heavy atom. The Morgan fingerprint density at radius 3 is 2.42 bits per heavy atom. The van der Waals surface area contributed by atoms with Gasteiger partial charge in [0.1, 0.15) is 5.82 Å². The Labute approximate surface area is 116 Å². The average Bonchev–Trinajstić information content (AvgIpc) is 2.39. The highest BCUT2D eigenvalue weighted by atomic mass is 19.1. The zero-order valence-corrected chi connectivity index (χ0v) is 12.3. The predicted molar refractivity (Wildman–Crippen MR) is 78.5 cm³/mol. The number of halogens is 1. The molecule has 1 aliphatic rings. The molecule has 2 rings (SSSR count). The minimum absolute atomic E-state index is 0.159. The van der Waals surface area contributed by atoms with Crippen molar-refractivity contribution in [2.24, 2.45) is 11.8 Å². The van der Waals surface area contributed by atoms with E-state index in [0.717, 1.165) is 11.8 Å². The van der Waals surface area contributed by atoms with Crippen molar-refractivity contribution in [3.05, 3.63) is 35.6 Å². The van der Waals surface area contributed by atoms with Crippen molar-refractivity contribution in [2.45, 2.75) is 58.5 Å². The van der Waals surface area contributed by atoms with Crippen LogP contribution in [0, 0.1) is 17.7 Å². The molecule has 19 heavy (non-hydrogen) atoms. The summed E-state index contributed by atoms with van der Waals surface area (Å²) in [6.07, 6.45) is 5.26. The molecule has 0 aliphatic heterocycles. The van der Waals surface area contributed by atoms with Crippen LogP contribution < -0.4 is 5.32 Å². The lowest BCUT2D eigenvalue weighted by molar-refractivity contribution is 0.223. The van der Waals surface area contributed by atoms with Gasteiger partial charge in [-0.2, -0.15) is 0 Å². The lowest BCUT2D eigenvalue weighted by Gasteiger charge is -2.34. The standard InChI is InChI=1S/C17H26FN/c1-12(2)15-5-4-6-17(11-15)19-13(3)14-7-9-16(18)10-8-14/h7-10,12-13,15,17,19H,4-6,11H2,1-3H3/t13-,15?,17?/m1/s1. The number of nitrogens with one attached hydrogen (secondary N) is 1. The van der Waals surface area contributed by atoms with Gasteiger partial charge in [0.25, 0.3) is 0 Å². The van der Waals surface area contributed by atoms with Crippen molar-refractivity contribution < 1.29 is 4.39 Å². The predicted octanol–water partition coefficient (Wildman–Crippen LogP) is 4.69. The molecule has 0 spiro atoms. The summed E-state index contributed by atoms with van der Waals surface area (Å²) < 4.78 is 12.9. The van der Waals surface area contributed by atoms with Crippen LogP contribution in [0.15, 0.2) is 24.3 Å². The molecule has 1 nitrogen and oxygen atoms in total. The van der Waals surface area contributed by atoms with E-state index >= 15 is 0 Å². The zero-order chi connectivity index (χ0) is 13.8. The second-order valence-electron chi connectivity index (χ2n) is 6.31. The first kappa shape index (κ1) is 14.5. The quantitative estimate of drug-likeness (QED) is 0.831. The van der Waals surface area contributed by atoms with Crippen LogP contribution in [0.5, 0.6) is 0 Å². The number of hydrogen-bond donors (Lipinski definition) is 1. The van der Waals surface area contributed by atoms with E-state index in [9.17, 15) is 4.39 Å². The Hall–Kier alpha value is -0.890.